The second-order valence-corrected chi connectivity index (χ2v) is 9.35. The highest BCUT2D eigenvalue weighted by Gasteiger charge is 2.20. The molecule has 3 aromatic rings. The zero-order valence-corrected chi connectivity index (χ0v) is 23.1. The summed E-state index contributed by atoms with van der Waals surface area (Å²) in [6.45, 7) is 6.86. The van der Waals surface area contributed by atoms with Crippen LogP contribution >= 0.6 is 0 Å². The number of nitrogens with zero attached hydrogens (tertiary/aromatic N) is 4. The molecule has 3 N–H and O–H groups in total. The van der Waals surface area contributed by atoms with E-state index in [9.17, 15) is 19.2 Å². The Bertz CT molecular complexity index is 1430. The zero-order valence-electron chi connectivity index (χ0n) is 23.1. The maximum absolute atomic E-state index is 13.0. The van der Waals surface area contributed by atoms with E-state index in [4.69, 9.17) is 14.9 Å². The van der Waals surface area contributed by atoms with Crippen molar-refractivity contribution in [3.05, 3.63) is 99.1 Å². The van der Waals surface area contributed by atoms with Crippen molar-refractivity contribution in [2.45, 2.75) is 25.8 Å². The highest BCUT2D eigenvalue weighted by atomic mass is 16.5. The number of aromatic nitrogens is 3. The number of hydrogen-bond acceptors (Lipinski definition) is 8. The van der Waals surface area contributed by atoms with Crippen LogP contribution in [0.5, 0.6) is 5.75 Å². The van der Waals surface area contributed by atoms with E-state index in [2.05, 4.69) is 25.8 Å². The first-order valence-electron chi connectivity index (χ1n) is 13.2. The van der Waals surface area contributed by atoms with Crippen LogP contribution in [0.2, 0.25) is 0 Å². The number of ether oxygens (including phenoxy) is 1. The molecule has 41 heavy (non-hydrogen) atoms. The molecule has 4 rings (SSSR count). The molecule has 1 aromatic carbocycles. The van der Waals surface area contributed by atoms with Gasteiger partial charge in [0.2, 0.25) is 0 Å². The molecule has 2 aromatic heterocycles. The van der Waals surface area contributed by atoms with Crippen LogP contribution in [0, 0.1) is 0 Å². The van der Waals surface area contributed by atoms with Crippen molar-refractivity contribution in [1.29, 1.82) is 0 Å². The van der Waals surface area contributed by atoms with Gasteiger partial charge in [-0.3, -0.25) is 19.2 Å². The lowest BCUT2D eigenvalue weighted by Gasteiger charge is -2.36. The topological polar surface area (TPSA) is 158 Å². The van der Waals surface area contributed by atoms with Gasteiger partial charge >= 0.3 is 17.6 Å². The number of carboxylic acid groups (broad SMARTS) is 2. The Kier molecular flexibility index (Phi) is 11.4. The van der Waals surface area contributed by atoms with Gasteiger partial charge < -0.3 is 24.8 Å². The van der Waals surface area contributed by atoms with Crippen molar-refractivity contribution in [2.24, 2.45) is 0 Å². The first-order valence-corrected chi connectivity index (χ1v) is 13.2. The normalized spacial score (nSPS) is 14.2. The van der Waals surface area contributed by atoms with Gasteiger partial charge in [0.1, 0.15) is 5.75 Å². The van der Waals surface area contributed by atoms with E-state index in [1.54, 1.807) is 13.3 Å². The van der Waals surface area contributed by atoms with Gasteiger partial charge in [-0.15, -0.1) is 0 Å². The van der Waals surface area contributed by atoms with Gasteiger partial charge in [-0.1, -0.05) is 25.1 Å². The summed E-state index contributed by atoms with van der Waals surface area (Å²) >= 11 is 0. The fourth-order valence-electron chi connectivity index (χ4n) is 4.53. The largest absolute Gasteiger partial charge is 0.495 e. The average molecular weight is 566 g/mol. The van der Waals surface area contributed by atoms with E-state index < -0.39 is 11.9 Å². The molecule has 218 valence electrons. The molecule has 1 aliphatic heterocycles. The Morgan fingerprint density at radius 1 is 1.00 bits per heavy atom. The summed E-state index contributed by atoms with van der Waals surface area (Å²) in [5.41, 5.74) is 1.88. The number of carbonyl (C=O) groups is 2. The molecule has 1 fully saturated rings. The number of aromatic amines is 1. The quantitative estimate of drug-likeness (QED) is 0.311. The van der Waals surface area contributed by atoms with Crippen molar-refractivity contribution >= 4 is 17.6 Å². The molecular weight excluding hydrogens is 530 g/mol. The van der Waals surface area contributed by atoms with Gasteiger partial charge in [-0.2, -0.15) is 0 Å². The van der Waals surface area contributed by atoms with Gasteiger partial charge in [-0.05, 0) is 37.2 Å². The van der Waals surface area contributed by atoms with Crippen LogP contribution in [0.3, 0.4) is 0 Å². The standard InChI is InChI=1S/C25H31N5O3.C4H4O4/c1-19(21-8-5-6-11-26-21)20-18-27-25(32)30(24(20)31)13-7-12-28-14-16-29(17-15-28)22-9-3-4-10-23(22)33-2;5-3(6)1-2-4(7)8/h3-6,8-11,18-19H,7,12-17H2,1-2H3,(H,27,32);1-2H,(H,5,6)(H,7,8)/b;2-1+. The molecule has 1 atom stereocenters. The van der Waals surface area contributed by atoms with Crippen LogP contribution < -0.4 is 20.9 Å². The molecule has 12 nitrogen and oxygen atoms in total. The Balaban J connectivity index is 0.000000507. The second kappa shape index (κ2) is 15.2. The van der Waals surface area contributed by atoms with Crippen LogP contribution in [0.15, 0.2) is 76.6 Å². The van der Waals surface area contributed by atoms with Crippen molar-refractivity contribution in [3.63, 3.8) is 0 Å². The third-order valence-corrected chi connectivity index (χ3v) is 6.71. The summed E-state index contributed by atoms with van der Waals surface area (Å²) in [5, 5.41) is 15.6. The van der Waals surface area contributed by atoms with Gasteiger partial charge in [0.05, 0.1) is 12.8 Å². The Morgan fingerprint density at radius 2 is 1.66 bits per heavy atom. The van der Waals surface area contributed by atoms with Crippen molar-refractivity contribution < 1.29 is 24.5 Å². The maximum atomic E-state index is 13.0. The van der Waals surface area contributed by atoms with E-state index in [0.717, 1.165) is 56.3 Å². The highest BCUT2D eigenvalue weighted by molar-refractivity contribution is 5.89. The van der Waals surface area contributed by atoms with E-state index in [1.807, 2.05) is 43.3 Å². The van der Waals surface area contributed by atoms with Crippen LogP contribution in [0.4, 0.5) is 5.69 Å². The van der Waals surface area contributed by atoms with Crippen molar-refractivity contribution in [1.82, 2.24) is 19.4 Å². The summed E-state index contributed by atoms with van der Waals surface area (Å²) in [6, 6.07) is 13.7. The molecule has 12 heteroatoms. The first-order chi connectivity index (χ1) is 19.7. The number of pyridine rings is 1. The number of H-pyrrole nitrogens is 1. The Labute approximate surface area is 237 Å². The summed E-state index contributed by atoms with van der Waals surface area (Å²) in [4.78, 5) is 56.3. The third kappa shape index (κ3) is 8.90. The van der Waals surface area contributed by atoms with Crippen LogP contribution in [0.25, 0.3) is 0 Å². The molecule has 0 aliphatic carbocycles. The number of nitrogens with one attached hydrogen (secondary N) is 1. The number of para-hydroxylation sites is 2. The SMILES string of the molecule is COc1ccccc1N1CCN(CCCn2c(=O)[nH]cc(C(C)c3ccccn3)c2=O)CC1.O=C(O)/C=C/C(=O)O. The number of anilines is 1. The zero-order chi connectivity index (χ0) is 29.8. The number of aliphatic carboxylic acids is 2. The minimum atomic E-state index is -1.26. The minimum Gasteiger partial charge on any atom is -0.495 e. The first kappa shape index (κ1) is 30.8. The van der Waals surface area contributed by atoms with E-state index in [1.165, 1.54) is 10.8 Å². The maximum Gasteiger partial charge on any atom is 0.328 e. The molecule has 0 spiro atoms. The van der Waals surface area contributed by atoms with E-state index >= 15 is 0 Å². The molecule has 1 aliphatic rings. The lowest BCUT2D eigenvalue weighted by molar-refractivity contribution is -0.134. The number of carboxylic acids is 2. The summed E-state index contributed by atoms with van der Waals surface area (Å²) in [7, 11) is 1.70. The third-order valence-electron chi connectivity index (χ3n) is 6.71. The fourth-order valence-corrected chi connectivity index (χ4v) is 4.53. The van der Waals surface area contributed by atoms with Crippen LogP contribution in [-0.2, 0) is 16.1 Å². The Hall–Kier alpha value is -4.71. The molecule has 0 bridgehead atoms. The monoisotopic (exact) mass is 565 g/mol. The molecule has 3 heterocycles. The van der Waals surface area contributed by atoms with E-state index in [-0.39, 0.29) is 17.2 Å². The molecule has 0 amide bonds. The number of hydrogen-bond donors (Lipinski definition) is 3. The molecule has 0 radical (unpaired) electrons. The lowest BCUT2D eigenvalue weighted by atomic mass is 10.00. The molecular formula is C29H35N5O7. The van der Waals surface area contributed by atoms with Crippen molar-refractivity contribution in [3.8, 4) is 5.75 Å². The molecule has 0 saturated carbocycles. The summed E-state index contributed by atoms with van der Waals surface area (Å²) in [6.07, 6.45) is 5.09. The minimum absolute atomic E-state index is 0.190. The van der Waals surface area contributed by atoms with Gasteiger partial charge in [0, 0.05) is 74.4 Å². The number of rotatable bonds is 10. The van der Waals surface area contributed by atoms with Gasteiger partial charge in [0.15, 0.2) is 0 Å². The average Bonchev–Trinajstić information content (AvgIpc) is 2.98. The van der Waals surface area contributed by atoms with Gasteiger partial charge in [-0.25, -0.2) is 14.4 Å². The van der Waals surface area contributed by atoms with Crippen molar-refractivity contribution in [2.75, 3.05) is 44.7 Å². The van der Waals surface area contributed by atoms with Crippen LogP contribution in [-0.4, -0.2) is 81.4 Å². The highest BCUT2D eigenvalue weighted by Crippen LogP contribution is 2.28. The fraction of sp³-hybridized carbons (Fsp3) is 0.345. The number of piperazine rings is 1. The predicted molar refractivity (Wildman–Crippen MR) is 154 cm³/mol. The summed E-state index contributed by atoms with van der Waals surface area (Å²) < 4.78 is 6.81. The van der Waals surface area contributed by atoms with E-state index in [0.29, 0.717) is 24.3 Å². The smallest absolute Gasteiger partial charge is 0.328 e. The molecule has 1 saturated heterocycles. The second-order valence-electron chi connectivity index (χ2n) is 9.35. The lowest BCUT2D eigenvalue weighted by Crippen LogP contribution is -2.47. The predicted octanol–water partition coefficient (Wildman–Crippen LogP) is 2.02. The summed E-state index contributed by atoms with van der Waals surface area (Å²) in [5.74, 6) is -1.81. The van der Waals surface area contributed by atoms with Gasteiger partial charge in [0.25, 0.3) is 5.56 Å². The number of benzene rings is 1. The number of methoxy groups -OCH3 is 1. The van der Waals surface area contributed by atoms with Crippen LogP contribution in [0.1, 0.15) is 30.5 Å². The molecule has 1 unspecified atom stereocenters. The Morgan fingerprint density at radius 3 is 2.27 bits per heavy atom.